The molecule has 0 atom stereocenters. The van der Waals surface area contributed by atoms with Crippen LogP contribution in [0.5, 0.6) is 0 Å². The van der Waals surface area contributed by atoms with Crippen LogP contribution in [0.25, 0.3) is 0 Å². The van der Waals surface area contributed by atoms with E-state index in [1.807, 2.05) is 17.0 Å². The van der Waals surface area contributed by atoms with Crippen molar-refractivity contribution in [2.45, 2.75) is 13.0 Å². The Balaban J connectivity index is 2.27. The van der Waals surface area contributed by atoms with Crippen molar-refractivity contribution in [2.75, 3.05) is 17.2 Å². The van der Waals surface area contributed by atoms with Crippen molar-refractivity contribution in [3.63, 3.8) is 0 Å². The van der Waals surface area contributed by atoms with Crippen LogP contribution in [0.4, 0.5) is 11.8 Å². The molecule has 0 saturated carbocycles. The summed E-state index contributed by atoms with van der Waals surface area (Å²) in [5, 5.41) is 9.18. The molecule has 0 aromatic carbocycles. The van der Waals surface area contributed by atoms with Crippen molar-refractivity contribution in [1.29, 1.82) is 5.26 Å². The highest BCUT2D eigenvalue weighted by atomic mass is 35.5. The number of nitrogen functional groups attached to an aromatic ring is 1. The van der Waals surface area contributed by atoms with Crippen molar-refractivity contribution in [3.8, 4) is 6.07 Å². The van der Waals surface area contributed by atoms with Gasteiger partial charge in [-0.1, -0.05) is 17.7 Å². The molecule has 0 unspecified atom stereocenters. The van der Waals surface area contributed by atoms with Crippen LogP contribution < -0.4 is 10.6 Å². The molecule has 20 heavy (non-hydrogen) atoms. The summed E-state index contributed by atoms with van der Waals surface area (Å²) < 4.78 is 0. The van der Waals surface area contributed by atoms with Crippen LogP contribution in [0.3, 0.4) is 0 Å². The SMILES string of the molecule is N#CCCN(Cc1cccnc1)c1nc(N)ncc1Cl. The third-order valence-electron chi connectivity index (χ3n) is 2.63. The molecule has 0 spiro atoms. The zero-order valence-electron chi connectivity index (χ0n) is 10.7. The molecule has 0 bridgehead atoms. The highest BCUT2D eigenvalue weighted by Gasteiger charge is 2.13. The number of rotatable bonds is 5. The highest BCUT2D eigenvalue weighted by Crippen LogP contribution is 2.24. The monoisotopic (exact) mass is 288 g/mol. The maximum absolute atomic E-state index is 8.77. The summed E-state index contributed by atoms with van der Waals surface area (Å²) in [6, 6.07) is 5.92. The second kappa shape index (κ2) is 6.68. The first-order valence-electron chi connectivity index (χ1n) is 5.99. The van der Waals surface area contributed by atoms with E-state index in [0.29, 0.717) is 30.4 Å². The lowest BCUT2D eigenvalue weighted by molar-refractivity contribution is 0.779. The lowest BCUT2D eigenvalue weighted by Gasteiger charge is -2.23. The predicted molar refractivity (Wildman–Crippen MR) is 77.0 cm³/mol. The Morgan fingerprint density at radius 1 is 1.40 bits per heavy atom. The Kier molecular flexibility index (Phi) is 4.69. The third-order valence-corrected chi connectivity index (χ3v) is 2.90. The van der Waals surface area contributed by atoms with Crippen LogP contribution in [0, 0.1) is 11.3 Å². The molecule has 0 radical (unpaired) electrons. The summed E-state index contributed by atoms with van der Waals surface area (Å²) in [5.74, 6) is 0.677. The lowest BCUT2D eigenvalue weighted by atomic mass is 10.2. The van der Waals surface area contributed by atoms with E-state index in [0.717, 1.165) is 5.56 Å². The van der Waals surface area contributed by atoms with Gasteiger partial charge in [0.1, 0.15) is 5.02 Å². The summed E-state index contributed by atoms with van der Waals surface area (Å²) in [5.41, 5.74) is 6.60. The average molecular weight is 289 g/mol. The van der Waals surface area contributed by atoms with Gasteiger partial charge in [0.2, 0.25) is 5.95 Å². The molecule has 6 nitrogen and oxygen atoms in total. The van der Waals surface area contributed by atoms with Gasteiger partial charge in [-0.05, 0) is 11.6 Å². The van der Waals surface area contributed by atoms with Gasteiger partial charge < -0.3 is 10.6 Å². The number of nitrogens with zero attached hydrogens (tertiary/aromatic N) is 5. The van der Waals surface area contributed by atoms with E-state index in [-0.39, 0.29) is 5.95 Å². The molecule has 102 valence electrons. The minimum Gasteiger partial charge on any atom is -0.368 e. The molecule has 0 fully saturated rings. The van der Waals surface area contributed by atoms with Gasteiger partial charge >= 0.3 is 0 Å². The molecule has 2 aromatic heterocycles. The van der Waals surface area contributed by atoms with Crippen LogP contribution >= 0.6 is 11.6 Å². The summed E-state index contributed by atoms with van der Waals surface area (Å²) >= 11 is 6.12. The van der Waals surface area contributed by atoms with Gasteiger partial charge in [-0.25, -0.2) is 4.98 Å². The lowest BCUT2D eigenvalue weighted by Crippen LogP contribution is -2.25. The second-order valence-electron chi connectivity index (χ2n) is 4.09. The first-order chi connectivity index (χ1) is 9.70. The van der Waals surface area contributed by atoms with Gasteiger partial charge in [0.05, 0.1) is 18.7 Å². The third kappa shape index (κ3) is 3.56. The van der Waals surface area contributed by atoms with Crippen LogP contribution in [-0.2, 0) is 6.54 Å². The Hall–Kier alpha value is -2.39. The molecule has 7 heteroatoms. The number of anilines is 2. The summed E-state index contributed by atoms with van der Waals surface area (Å²) in [4.78, 5) is 14.0. The molecule has 0 saturated heterocycles. The number of nitrogens with two attached hydrogens (primary N) is 1. The molecule has 0 aliphatic rings. The van der Waals surface area contributed by atoms with Gasteiger partial charge in [-0.3, -0.25) is 4.98 Å². The van der Waals surface area contributed by atoms with Crippen molar-refractivity contribution in [1.82, 2.24) is 15.0 Å². The molecular weight excluding hydrogens is 276 g/mol. The van der Waals surface area contributed by atoms with Crippen molar-refractivity contribution >= 4 is 23.4 Å². The van der Waals surface area contributed by atoms with Gasteiger partial charge in [0, 0.05) is 25.5 Å². The minimum absolute atomic E-state index is 0.151. The van der Waals surface area contributed by atoms with Crippen LogP contribution in [0.1, 0.15) is 12.0 Å². The Morgan fingerprint density at radius 2 is 2.25 bits per heavy atom. The van der Waals surface area contributed by atoms with E-state index in [1.165, 1.54) is 6.20 Å². The molecule has 2 rings (SSSR count). The number of hydrogen-bond acceptors (Lipinski definition) is 6. The van der Waals surface area contributed by atoms with Gasteiger partial charge in [0.15, 0.2) is 5.82 Å². The summed E-state index contributed by atoms with van der Waals surface area (Å²) in [7, 11) is 0. The fourth-order valence-electron chi connectivity index (χ4n) is 1.75. The van der Waals surface area contributed by atoms with E-state index in [4.69, 9.17) is 22.6 Å². The number of halogens is 1. The van der Waals surface area contributed by atoms with E-state index in [1.54, 1.807) is 12.4 Å². The number of nitriles is 1. The average Bonchev–Trinajstić information content (AvgIpc) is 2.47. The molecule has 0 amide bonds. The van der Waals surface area contributed by atoms with E-state index < -0.39 is 0 Å². The quantitative estimate of drug-likeness (QED) is 0.905. The smallest absolute Gasteiger partial charge is 0.222 e. The zero-order valence-corrected chi connectivity index (χ0v) is 11.5. The Bertz CT molecular complexity index is 610. The molecule has 0 aliphatic heterocycles. The molecule has 2 N–H and O–H groups in total. The van der Waals surface area contributed by atoms with Crippen molar-refractivity contribution < 1.29 is 0 Å². The van der Waals surface area contributed by atoms with Crippen LogP contribution in [0.2, 0.25) is 5.02 Å². The maximum Gasteiger partial charge on any atom is 0.222 e. The fourth-order valence-corrected chi connectivity index (χ4v) is 1.96. The zero-order chi connectivity index (χ0) is 14.4. The van der Waals surface area contributed by atoms with E-state index in [9.17, 15) is 0 Å². The Morgan fingerprint density at radius 3 is 2.95 bits per heavy atom. The van der Waals surface area contributed by atoms with E-state index >= 15 is 0 Å². The number of aromatic nitrogens is 3. The van der Waals surface area contributed by atoms with Gasteiger partial charge in [-0.2, -0.15) is 10.2 Å². The number of pyridine rings is 1. The largest absolute Gasteiger partial charge is 0.368 e. The topological polar surface area (TPSA) is 91.7 Å². The summed E-state index contributed by atoms with van der Waals surface area (Å²) in [6.45, 7) is 1.05. The predicted octanol–water partition coefficient (Wildman–Crippen LogP) is 2.03. The van der Waals surface area contributed by atoms with Crippen molar-refractivity contribution in [2.24, 2.45) is 0 Å². The standard InChI is InChI=1S/C13H13ClN6/c14-11-8-18-13(16)19-12(11)20(6-2-4-15)9-10-3-1-5-17-7-10/h1,3,5,7-8H,2,6,9H2,(H2,16,18,19). The van der Waals surface area contributed by atoms with E-state index in [2.05, 4.69) is 21.0 Å². The van der Waals surface area contributed by atoms with Gasteiger partial charge in [-0.15, -0.1) is 0 Å². The minimum atomic E-state index is 0.151. The molecule has 2 aromatic rings. The first-order valence-corrected chi connectivity index (χ1v) is 6.37. The van der Waals surface area contributed by atoms with Crippen LogP contribution in [-0.4, -0.2) is 21.5 Å². The first kappa shape index (κ1) is 14.0. The van der Waals surface area contributed by atoms with Crippen LogP contribution in [0.15, 0.2) is 30.7 Å². The van der Waals surface area contributed by atoms with Gasteiger partial charge in [0.25, 0.3) is 0 Å². The normalized spacial score (nSPS) is 10.0. The fraction of sp³-hybridized carbons (Fsp3) is 0.231. The van der Waals surface area contributed by atoms with Crippen molar-refractivity contribution in [3.05, 3.63) is 41.3 Å². The maximum atomic E-state index is 8.77. The molecule has 0 aliphatic carbocycles. The second-order valence-corrected chi connectivity index (χ2v) is 4.50. The molecule has 2 heterocycles. The number of hydrogen-bond donors (Lipinski definition) is 1. The highest BCUT2D eigenvalue weighted by molar-refractivity contribution is 6.32. The molecular formula is C13H13ClN6. The summed E-state index contributed by atoms with van der Waals surface area (Å²) in [6.07, 6.45) is 5.29. The Labute approximate surface area is 121 Å².